The highest BCUT2D eigenvalue weighted by molar-refractivity contribution is 5.92. The largest absolute Gasteiger partial charge is 0.366 e. The molecule has 6 rings (SSSR count). The smallest absolute Gasteiger partial charge is 0.226 e. The first-order valence-electron chi connectivity index (χ1n) is 14.0. The highest BCUT2D eigenvalue weighted by Gasteiger charge is 2.51. The SMILES string of the molecule is O=C(C1CC1C(=O)N1CCN(C(c2ccccc2)c2ccccc2)CC1)N1CCN(c2ccccc2F)CC1. The molecule has 2 heterocycles. The molecule has 3 aromatic rings. The summed E-state index contributed by atoms with van der Waals surface area (Å²) in [5.41, 5.74) is 3.10. The molecule has 1 saturated carbocycles. The van der Waals surface area contributed by atoms with Gasteiger partial charge in [-0.25, -0.2) is 4.39 Å². The average Bonchev–Trinajstić information content (AvgIpc) is 3.80. The summed E-state index contributed by atoms with van der Waals surface area (Å²) in [7, 11) is 0. The molecule has 7 heteroatoms. The maximum Gasteiger partial charge on any atom is 0.226 e. The molecule has 202 valence electrons. The highest BCUT2D eigenvalue weighted by atomic mass is 19.1. The lowest BCUT2D eigenvalue weighted by molar-refractivity contribution is -0.139. The van der Waals surface area contributed by atoms with Gasteiger partial charge in [0.25, 0.3) is 0 Å². The van der Waals surface area contributed by atoms with Crippen molar-refractivity contribution in [1.82, 2.24) is 14.7 Å². The number of rotatable bonds is 6. The summed E-state index contributed by atoms with van der Waals surface area (Å²) < 4.78 is 14.2. The van der Waals surface area contributed by atoms with Gasteiger partial charge in [-0.1, -0.05) is 72.8 Å². The summed E-state index contributed by atoms with van der Waals surface area (Å²) >= 11 is 0. The zero-order valence-corrected chi connectivity index (χ0v) is 22.2. The van der Waals surface area contributed by atoms with E-state index < -0.39 is 0 Å². The van der Waals surface area contributed by atoms with Gasteiger partial charge in [-0.2, -0.15) is 0 Å². The topological polar surface area (TPSA) is 47.1 Å². The van der Waals surface area contributed by atoms with Crippen LogP contribution in [0, 0.1) is 17.7 Å². The molecule has 2 aliphatic heterocycles. The Morgan fingerprint density at radius 3 is 1.59 bits per heavy atom. The third kappa shape index (κ3) is 5.41. The minimum Gasteiger partial charge on any atom is -0.366 e. The monoisotopic (exact) mass is 526 g/mol. The Morgan fingerprint density at radius 2 is 1.08 bits per heavy atom. The van der Waals surface area contributed by atoms with Gasteiger partial charge in [0.15, 0.2) is 0 Å². The number of hydrogen-bond acceptors (Lipinski definition) is 4. The number of hydrogen-bond donors (Lipinski definition) is 0. The fourth-order valence-electron chi connectivity index (χ4n) is 6.17. The summed E-state index contributed by atoms with van der Waals surface area (Å²) in [5, 5.41) is 0. The van der Waals surface area contributed by atoms with Crippen LogP contribution in [0.5, 0.6) is 0 Å². The first kappa shape index (κ1) is 25.6. The third-order valence-electron chi connectivity index (χ3n) is 8.43. The maximum atomic E-state index is 14.2. The van der Waals surface area contributed by atoms with Crippen molar-refractivity contribution in [2.45, 2.75) is 12.5 Å². The van der Waals surface area contributed by atoms with Gasteiger partial charge in [0.2, 0.25) is 11.8 Å². The number of halogens is 1. The van der Waals surface area contributed by atoms with Crippen molar-refractivity contribution in [3.63, 3.8) is 0 Å². The molecule has 0 radical (unpaired) electrons. The molecular weight excluding hydrogens is 491 g/mol. The molecule has 3 aromatic carbocycles. The van der Waals surface area contributed by atoms with E-state index >= 15 is 0 Å². The number of amides is 2. The predicted molar refractivity (Wildman–Crippen MR) is 150 cm³/mol. The molecule has 39 heavy (non-hydrogen) atoms. The van der Waals surface area contributed by atoms with Crippen LogP contribution in [0.25, 0.3) is 0 Å². The molecule has 0 aromatic heterocycles. The van der Waals surface area contributed by atoms with Crippen molar-refractivity contribution in [2.75, 3.05) is 57.3 Å². The predicted octanol–water partition coefficient (Wildman–Crippen LogP) is 4.04. The van der Waals surface area contributed by atoms with Gasteiger partial charge in [-0.05, 0) is 29.7 Å². The molecule has 6 nitrogen and oxygen atoms in total. The van der Waals surface area contributed by atoms with E-state index in [1.807, 2.05) is 32.9 Å². The van der Waals surface area contributed by atoms with Gasteiger partial charge in [0.05, 0.1) is 23.6 Å². The zero-order chi connectivity index (χ0) is 26.8. The Bertz CT molecular complexity index is 1250. The molecule has 3 aliphatic rings. The number of nitrogens with zero attached hydrogens (tertiary/aromatic N) is 4. The summed E-state index contributed by atoms with van der Waals surface area (Å²) in [5.74, 6) is -0.448. The van der Waals surface area contributed by atoms with Crippen molar-refractivity contribution in [3.8, 4) is 0 Å². The third-order valence-corrected chi connectivity index (χ3v) is 8.43. The molecule has 0 bridgehead atoms. The molecule has 0 N–H and O–H groups in total. The average molecular weight is 527 g/mol. The van der Waals surface area contributed by atoms with E-state index in [9.17, 15) is 14.0 Å². The first-order chi connectivity index (χ1) is 19.1. The lowest BCUT2D eigenvalue weighted by atomic mass is 9.96. The second-order valence-corrected chi connectivity index (χ2v) is 10.8. The number of anilines is 1. The number of carbonyl (C=O) groups excluding carboxylic acids is 2. The normalized spacial score (nSPS) is 21.7. The van der Waals surface area contributed by atoms with Crippen LogP contribution < -0.4 is 4.90 Å². The van der Waals surface area contributed by atoms with E-state index in [1.54, 1.807) is 12.1 Å². The van der Waals surface area contributed by atoms with Crippen LogP contribution in [0.3, 0.4) is 0 Å². The van der Waals surface area contributed by atoms with Gasteiger partial charge in [0.1, 0.15) is 5.82 Å². The number of benzene rings is 3. The van der Waals surface area contributed by atoms with Crippen LogP contribution >= 0.6 is 0 Å². The van der Waals surface area contributed by atoms with Gasteiger partial charge in [-0.15, -0.1) is 0 Å². The van der Waals surface area contributed by atoms with Crippen molar-refractivity contribution >= 4 is 17.5 Å². The lowest BCUT2D eigenvalue weighted by Gasteiger charge is -2.40. The number of carbonyl (C=O) groups is 2. The summed E-state index contributed by atoms with van der Waals surface area (Å²) in [4.78, 5) is 34.8. The Kier molecular flexibility index (Phi) is 7.33. The van der Waals surface area contributed by atoms with Gasteiger partial charge < -0.3 is 14.7 Å². The molecule has 0 spiro atoms. The number of para-hydroxylation sites is 1. The van der Waals surface area contributed by atoms with E-state index in [0.29, 0.717) is 51.4 Å². The molecule has 3 fully saturated rings. The molecular formula is C32H35FN4O2. The molecule has 2 unspecified atom stereocenters. The second kappa shape index (κ2) is 11.2. The van der Waals surface area contributed by atoms with Crippen LogP contribution in [0.4, 0.5) is 10.1 Å². The minimum atomic E-state index is -0.232. The van der Waals surface area contributed by atoms with Crippen LogP contribution in [-0.2, 0) is 9.59 Å². The Labute approximate surface area is 229 Å². The Hall–Kier alpha value is -3.71. The van der Waals surface area contributed by atoms with Crippen LogP contribution in [0.15, 0.2) is 84.9 Å². The quantitative estimate of drug-likeness (QED) is 0.487. The fourth-order valence-corrected chi connectivity index (χ4v) is 6.17. The summed E-state index contributed by atoms with van der Waals surface area (Å²) in [6, 6.07) is 28.0. The van der Waals surface area contributed by atoms with Crippen LogP contribution in [-0.4, -0.2) is 78.9 Å². The minimum absolute atomic E-state index is 0.0772. The first-order valence-corrected chi connectivity index (χ1v) is 14.0. The molecule has 2 atom stereocenters. The molecule has 1 aliphatic carbocycles. The Balaban J connectivity index is 1.02. The summed E-state index contributed by atoms with van der Waals surface area (Å²) in [6.45, 7) is 5.26. The second-order valence-electron chi connectivity index (χ2n) is 10.8. The zero-order valence-electron chi connectivity index (χ0n) is 22.2. The maximum absolute atomic E-state index is 14.2. The Morgan fingerprint density at radius 1 is 0.615 bits per heavy atom. The van der Waals surface area contributed by atoms with Gasteiger partial charge >= 0.3 is 0 Å². The lowest BCUT2D eigenvalue weighted by Crippen LogP contribution is -2.51. The number of piperazine rings is 2. The van der Waals surface area contributed by atoms with Crippen LogP contribution in [0.1, 0.15) is 23.6 Å². The van der Waals surface area contributed by atoms with Crippen molar-refractivity contribution in [3.05, 3.63) is 102 Å². The van der Waals surface area contributed by atoms with E-state index in [1.165, 1.54) is 17.2 Å². The highest BCUT2D eigenvalue weighted by Crippen LogP contribution is 2.42. The summed E-state index contributed by atoms with van der Waals surface area (Å²) in [6.07, 6.45) is 0.641. The van der Waals surface area contributed by atoms with Crippen LogP contribution in [0.2, 0.25) is 0 Å². The van der Waals surface area contributed by atoms with Gasteiger partial charge in [-0.3, -0.25) is 14.5 Å². The van der Waals surface area contributed by atoms with E-state index in [4.69, 9.17) is 0 Å². The van der Waals surface area contributed by atoms with Crippen molar-refractivity contribution in [2.24, 2.45) is 11.8 Å². The van der Waals surface area contributed by atoms with E-state index in [0.717, 1.165) is 13.1 Å². The molecule has 2 saturated heterocycles. The van der Waals surface area contributed by atoms with E-state index in [-0.39, 0.29) is 35.5 Å². The standard InChI is InChI=1S/C32H35FN4O2/c33-28-13-7-8-14-29(28)34-15-19-36(20-16-34)31(38)26-23-27(26)32(39)37-21-17-35(18-22-37)30(24-9-3-1-4-10-24)25-11-5-2-6-12-25/h1-14,26-27,30H,15-23H2. The van der Waals surface area contributed by atoms with Gasteiger partial charge in [0, 0.05) is 52.4 Å². The van der Waals surface area contributed by atoms with E-state index in [2.05, 4.69) is 53.4 Å². The van der Waals surface area contributed by atoms with Crippen molar-refractivity contribution in [1.29, 1.82) is 0 Å². The molecule has 2 amide bonds. The fraction of sp³-hybridized carbons (Fsp3) is 0.375. The van der Waals surface area contributed by atoms with Crippen molar-refractivity contribution < 1.29 is 14.0 Å².